The number of ether oxygens (including phenoxy) is 1. The highest BCUT2D eigenvalue weighted by Crippen LogP contribution is 2.37. The Morgan fingerprint density at radius 1 is 1.55 bits per heavy atom. The molecule has 0 fully saturated rings. The van der Waals surface area contributed by atoms with Gasteiger partial charge in [-0.05, 0) is 26.8 Å². The second-order valence-corrected chi connectivity index (χ2v) is 5.47. The molecule has 0 aliphatic carbocycles. The first-order valence-electron chi connectivity index (χ1n) is 6.24. The number of nitrogens with zero attached hydrogens (tertiary/aromatic N) is 3. The summed E-state index contributed by atoms with van der Waals surface area (Å²) in [5, 5.41) is 19.8. The smallest absolute Gasteiger partial charge is 0.271 e. The molecule has 1 aliphatic heterocycles. The van der Waals surface area contributed by atoms with Gasteiger partial charge in [-0.2, -0.15) is 5.26 Å². The minimum absolute atomic E-state index is 0.0142. The summed E-state index contributed by atoms with van der Waals surface area (Å²) in [6.45, 7) is 5.49. The lowest BCUT2D eigenvalue weighted by molar-refractivity contribution is -0.384. The van der Waals surface area contributed by atoms with E-state index >= 15 is 0 Å². The molecule has 1 aromatic carbocycles. The lowest BCUT2D eigenvalue weighted by atomic mass is 9.87. The Balaban J connectivity index is 2.29. The van der Waals surface area contributed by atoms with Crippen LogP contribution in [-0.2, 0) is 0 Å². The summed E-state index contributed by atoms with van der Waals surface area (Å²) < 4.78 is 5.81. The van der Waals surface area contributed by atoms with Gasteiger partial charge in [-0.25, -0.2) is 0 Å². The van der Waals surface area contributed by atoms with Gasteiger partial charge in [-0.15, -0.1) is 0 Å². The lowest BCUT2D eigenvalue weighted by Crippen LogP contribution is -2.32. The summed E-state index contributed by atoms with van der Waals surface area (Å²) in [7, 11) is 0. The number of aliphatic imine (C=N–C) groups is 1. The highest BCUT2D eigenvalue weighted by molar-refractivity contribution is 5.91. The van der Waals surface area contributed by atoms with Crippen LogP contribution < -0.4 is 4.74 Å². The maximum absolute atomic E-state index is 10.7. The van der Waals surface area contributed by atoms with Crippen LogP contribution in [0.5, 0.6) is 5.75 Å². The number of nitriles is 1. The van der Waals surface area contributed by atoms with E-state index in [4.69, 9.17) is 10.00 Å². The van der Waals surface area contributed by atoms with E-state index in [0.717, 1.165) is 5.71 Å². The van der Waals surface area contributed by atoms with Gasteiger partial charge in [0.25, 0.3) is 5.69 Å². The monoisotopic (exact) mass is 273 g/mol. The molecule has 1 aliphatic rings. The van der Waals surface area contributed by atoms with Gasteiger partial charge in [0, 0.05) is 18.6 Å². The van der Waals surface area contributed by atoms with Crippen LogP contribution in [0.25, 0.3) is 0 Å². The number of rotatable bonds is 3. The van der Waals surface area contributed by atoms with Crippen LogP contribution >= 0.6 is 0 Å². The average Bonchev–Trinajstić information content (AvgIpc) is 2.38. The van der Waals surface area contributed by atoms with Crippen molar-refractivity contribution in [3.05, 3.63) is 28.3 Å². The molecule has 1 heterocycles. The molecule has 0 saturated carbocycles. The van der Waals surface area contributed by atoms with Gasteiger partial charge in [0.15, 0.2) is 0 Å². The zero-order chi connectivity index (χ0) is 14.9. The Hall–Kier alpha value is -2.42. The predicted octanol–water partition coefficient (Wildman–Crippen LogP) is 3.39. The molecule has 0 amide bonds. The first kappa shape index (κ1) is 14.0. The Morgan fingerprint density at radius 3 is 2.85 bits per heavy atom. The van der Waals surface area contributed by atoms with E-state index in [1.807, 2.05) is 13.8 Å². The Kier molecular flexibility index (Phi) is 3.45. The van der Waals surface area contributed by atoms with Gasteiger partial charge < -0.3 is 4.74 Å². The van der Waals surface area contributed by atoms with E-state index in [1.165, 1.54) is 12.1 Å². The second-order valence-electron chi connectivity index (χ2n) is 5.47. The van der Waals surface area contributed by atoms with Crippen molar-refractivity contribution in [2.75, 3.05) is 0 Å². The maximum Gasteiger partial charge on any atom is 0.271 e. The standard InChI is InChI=1S/C14H15N3O3/c1-9-13(7-14(2,3)8-15)20-12-5-4-10(17(18)19)6-11(12)16-9/h4-6,13H,7H2,1-3H3. The number of hydrogen-bond donors (Lipinski definition) is 0. The third-order valence-corrected chi connectivity index (χ3v) is 3.18. The third-order valence-electron chi connectivity index (χ3n) is 3.18. The Labute approximate surface area is 116 Å². The predicted molar refractivity (Wildman–Crippen MR) is 74.3 cm³/mol. The van der Waals surface area contributed by atoms with Crippen LogP contribution in [0, 0.1) is 26.9 Å². The van der Waals surface area contributed by atoms with Crippen LogP contribution in [0.3, 0.4) is 0 Å². The Bertz CT molecular complexity index is 629. The molecular formula is C14H15N3O3. The van der Waals surface area contributed by atoms with Crippen LogP contribution in [-0.4, -0.2) is 16.7 Å². The van der Waals surface area contributed by atoms with E-state index in [2.05, 4.69) is 11.1 Å². The summed E-state index contributed by atoms with van der Waals surface area (Å²) >= 11 is 0. The van der Waals surface area contributed by atoms with Crippen LogP contribution in [0.1, 0.15) is 27.2 Å². The summed E-state index contributed by atoms with van der Waals surface area (Å²) in [6.07, 6.45) is 0.244. The van der Waals surface area contributed by atoms with E-state index in [-0.39, 0.29) is 11.8 Å². The molecule has 0 N–H and O–H groups in total. The molecule has 0 aromatic heterocycles. The zero-order valence-electron chi connectivity index (χ0n) is 11.6. The number of fused-ring (bicyclic) bond motifs is 1. The van der Waals surface area contributed by atoms with Crippen molar-refractivity contribution >= 4 is 17.1 Å². The second kappa shape index (κ2) is 4.93. The first-order valence-corrected chi connectivity index (χ1v) is 6.24. The van der Waals surface area contributed by atoms with Crippen molar-refractivity contribution in [2.45, 2.75) is 33.3 Å². The third kappa shape index (κ3) is 2.77. The van der Waals surface area contributed by atoms with Gasteiger partial charge in [0.2, 0.25) is 0 Å². The van der Waals surface area contributed by atoms with Crippen molar-refractivity contribution in [1.82, 2.24) is 0 Å². The topological polar surface area (TPSA) is 88.5 Å². The number of nitro groups is 1. The molecule has 1 atom stereocenters. The Morgan fingerprint density at radius 2 is 2.25 bits per heavy atom. The molecule has 6 nitrogen and oxygen atoms in total. The van der Waals surface area contributed by atoms with Crippen molar-refractivity contribution in [1.29, 1.82) is 5.26 Å². The molecule has 0 bridgehead atoms. The highest BCUT2D eigenvalue weighted by Gasteiger charge is 2.29. The molecule has 0 radical (unpaired) electrons. The average molecular weight is 273 g/mol. The number of non-ortho nitro benzene ring substituents is 1. The van der Waals surface area contributed by atoms with E-state index in [0.29, 0.717) is 17.9 Å². The van der Waals surface area contributed by atoms with Crippen molar-refractivity contribution < 1.29 is 9.66 Å². The van der Waals surface area contributed by atoms with E-state index in [9.17, 15) is 10.1 Å². The fraction of sp³-hybridized carbons (Fsp3) is 0.429. The fourth-order valence-electron chi connectivity index (χ4n) is 2.01. The van der Waals surface area contributed by atoms with Crippen molar-refractivity contribution in [3.63, 3.8) is 0 Å². The number of nitro benzene ring substituents is 1. The summed E-state index contributed by atoms with van der Waals surface area (Å²) in [6, 6.07) is 6.57. The summed E-state index contributed by atoms with van der Waals surface area (Å²) in [5.74, 6) is 0.514. The normalized spacial score (nSPS) is 17.5. The number of hydrogen-bond acceptors (Lipinski definition) is 5. The minimum atomic E-state index is -0.514. The van der Waals surface area contributed by atoms with Gasteiger partial charge in [0.05, 0.1) is 22.1 Å². The molecular weight excluding hydrogens is 258 g/mol. The molecule has 1 unspecified atom stereocenters. The van der Waals surface area contributed by atoms with Crippen LogP contribution in [0.15, 0.2) is 23.2 Å². The van der Waals surface area contributed by atoms with Gasteiger partial charge >= 0.3 is 0 Å². The van der Waals surface area contributed by atoms with E-state index in [1.54, 1.807) is 13.0 Å². The first-order chi connectivity index (χ1) is 9.32. The van der Waals surface area contributed by atoms with Crippen LogP contribution in [0.4, 0.5) is 11.4 Å². The molecule has 1 aromatic rings. The van der Waals surface area contributed by atoms with Gasteiger partial charge in [0.1, 0.15) is 17.5 Å². The molecule has 0 spiro atoms. The molecule has 6 heteroatoms. The van der Waals surface area contributed by atoms with Crippen molar-refractivity contribution in [3.8, 4) is 11.8 Å². The SMILES string of the molecule is CC1=Nc2cc([N+](=O)[O-])ccc2OC1CC(C)(C)C#N. The summed E-state index contributed by atoms with van der Waals surface area (Å²) in [5.41, 5.74) is 0.656. The summed E-state index contributed by atoms with van der Waals surface area (Å²) in [4.78, 5) is 14.6. The molecule has 20 heavy (non-hydrogen) atoms. The van der Waals surface area contributed by atoms with Gasteiger partial charge in [-0.3, -0.25) is 15.1 Å². The van der Waals surface area contributed by atoms with Crippen molar-refractivity contribution in [2.24, 2.45) is 10.4 Å². The maximum atomic E-state index is 10.7. The highest BCUT2D eigenvalue weighted by atomic mass is 16.6. The molecule has 2 rings (SSSR count). The zero-order valence-corrected chi connectivity index (χ0v) is 11.6. The fourth-order valence-corrected chi connectivity index (χ4v) is 2.01. The minimum Gasteiger partial charge on any atom is -0.482 e. The van der Waals surface area contributed by atoms with E-state index < -0.39 is 10.3 Å². The molecule has 104 valence electrons. The van der Waals surface area contributed by atoms with Crippen LogP contribution in [0.2, 0.25) is 0 Å². The lowest BCUT2D eigenvalue weighted by Gasteiger charge is -2.28. The quantitative estimate of drug-likeness (QED) is 0.623. The number of benzene rings is 1. The van der Waals surface area contributed by atoms with Gasteiger partial charge in [-0.1, -0.05) is 0 Å². The molecule has 0 saturated heterocycles. The largest absolute Gasteiger partial charge is 0.482 e.